The minimum atomic E-state index is -2.68. The fourth-order valence-corrected chi connectivity index (χ4v) is 2.47. The summed E-state index contributed by atoms with van der Waals surface area (Å²) >= 11 is 0. The van der Waals surface area contributed by atoms with E-state index in [-0.39, 0.29) is 7.43 Å². The first kappa shape index (κ1) is 12.1. The van der Waals surface area contributed by atoms with Crippen molar-refractivity contribution >= 4 is 9.05 Å². The van der Waals surface area contributed by atoms with Gasteiger partial charge in [-0.15, -0.1) is 0 Å². The van der Waals surface area contributed by atoms with Gasteiger partial charge >= 0.3 is 9.05 Å². The quantitative estimate of drug-likeness (QED) is 0.619. The second-order valence-electron chi connectivity index (χ2n) is 2.31. The molecule has 0 saturated carbocycles. The Bertz CT molecular complexity index is 106. The monoisotopic (exact) mass is 194 g/mol. The molecule has 1 fully saturated rings. The van der Waals surface area contributed by atoms with Gasteiger partial charge in [0, 0.05) is 27.4 Å². The maximum atomic E-state index is 5.36. The van der Waals surface area contributed by atoms with E-state index in [0.29, 0.717) is 13.2 Å². The number of hydrogen-bond acceptors (Lipinski definition) is 4. The number of rotatable bonds is 2. The van der Waals surface area contributed by atoms with Gasteiger partial charge in [-0.1, -0.05) is 7.43 Å². The average Bonchev–Trinajstić information content (AvgIpc) is 2.30. The fourth-order valence-electron chi connectivity index (χ4n) is 0.959. The molecule has 0 unspecified atom stereocenters. The van der Waals surface area contributed by atoms with Crippen LogP contribution >= 0.6 is 0 Å². The van der Waals surface area contributed by atoms with Gasteiger partial charge in [-0.2, -0.15) is 0 Å². The Kier molecular flexibility index (Phi) is 5.69. The highest BCUT2D eigenvalue weighted by Gasteiger charge is 2.44. The van der Waals surface area contributed by atoms with Crippen LogP contribution < -0.4 is 0 Å². The van der Waals surface area contributed by atoms with E-state index in [4.69, 9.17) is 17.7 Å². The zero-order valence-corrected chi connectivity index (χ0v) is 7.96. The molecule has 1 rings (SSSR count). The third-order valence-corrected chi connectivity index (χ3v) is 3.71. The molecule has 0 bridgehead atoms. The van der Waals surface area contributed by atoms with Crippen molar-refractivity contribution in [3.05, 3.63) is 0 Å². The molecular formula is C7H18O4Si. The lowest BCUT2D eigenvalue weighted by molar-refractivity contribution is 0.00538. The van der Waals surface area contributed by atoms with Gasteiger partial charge in [0.25, 0.3) is 0 Å². The minimum absolute atomic E-state index is 0. The molecule has 0 aromatic carbocycles. The van der Waals surface area contributed by atoms with Crippen LogP contribution in [0.25, 0.3) is 0 Å². The zero-order chi connectivity index (χ0) is 8.16. The Morgan fingerprint density at radius 1 is 1.00 bits per heavy atom. The van der Waals surface area contributed by atoms with Crippen molar-refractivity contribution in [1.29, 1.82) is 0 Å². The summed E-state index contributed by atoms with van der Waals surface area (Å²) in [6.45, 7) is 1.35. The summed E-state index contributed by atoms with van der Waals surface area (Å²) in [6.07, 6.45) is 2.03. The lowest BCUT2D eigenvalue weighted by atomic mass is 10.3. The molecule has 0 aliphatic carbocycles. The smallest absolute Gasteiger partial charge is 0.355 e. The topological polar surface area (TPSA) is 36.9 Å². The van der Waals surface area contributed by atoms with Crippen molar-refractivity contribution in [3.8, 4) is 0 Å². The highest BCUT2D eigenvalue weighted by atomic mass is 28.4. The Morgan fingerprint density at radius 3 is 1.75 bits per heavy atom. The Labute approximate surface area is 75.3 Å². The molecule has 0 aromatic heterocycles. The molecule has 1 saturated heterocycles. The summed E-state index contributed by atoms with van der Waals surface area (Å²) in [5.74, 6) is 0. The molecule has 1 heterocycles. The van der Waals surface area contributed by atoms with E-state index in [9.17, 15) is 0 Å². The van der Waals surface area contributed by atoms with Crippen molar-refractivity contribution in [3.63, 3.8) is 0 Å². The Balaban J connectivity index is 0.00000121. The van der Waals surface area contributed by atoms with Crippen LogP contribution in [-0.2, 0) is 17.7 Å². The molecule has 12 heavy (non-hydrogen) atoms. The molecular weight excluding hydrogens is 176 g/mol. The predicted molar refractivity (Wildman–Crippen MR) is 47.6 cm³/mol. The van der Waals surface area contributed by atoms with Crippen molar-refractivity contribution in [2.45, 2.75) is 20.3 Å². The first-order chi connectivity index (χ1) is 5.33. The van der Waals surface area contributed by atoms with Gasteiger partial charge < -0.3 is 17.7 Å². The lowest BCUT2D eigenvalue weighted by Crippen LogP contribution is -2.46. The second-order valence-corrected chi connectivity index (χ2v) is 4.71. The van der Waals surface area contributed by atoms with Crippen molar-refractivity contribution in [2.24, 2.45) is 0 Å². The van der Waals surface area contributed by atoms with Crippen LogP contribution in [0.4, 0.5) is 0 Å². The van der Waals surface area contributed by atoms with E-state index >= 15 is 0 Å². The van der Waals surface area contributed by atoms with Gasteiger partial charge in [0.1, 0.15) is 0 Å². The molecule has 0 atom stereocenters. The number of hydrogen-bond donors (Lipinski definition) is 0. The van der Waals surface area contributed by atoms with Gasteiger partial charge in [0.05, 0.1) is 0 Å². The summed E-state index contributed by atoms with van der Waals surface area (Å²) in [6, 6.07) is 0. The Morgan fingerprint density at radius 2 is 1.42 bits per heavy atom. The van der Waals surface area contributed by atoms with Crippen LogP contribution in [0, 0.1) is 0 Å². The van der Waals surface area contributed by atoms with Crippen LogP contribution in [-0.4, -0.2) is 36.5 Å². The molecule has 0 amide bonds. The van der Waals surface area contributed by atoms with Gasteiger partial charge in [-0.05, 0) is 12.8 Å². The molecule has 1 aliphatic rings. The highest BCUT2D eigenvalue weighted by Crippen LogP contribution is 2.14. The first-order valence-electron chi connectivity index (χ1n) is 3.71. The average molecular weight is 194 g/mol. The molecule has 74 valence electrons. The largest absolute Gasteiger partial charge is 0.679 e. The normalized spacial score (nSPS) is 22.5. The maximum absolute atomic E-state index is 5.36. The predicted octanol–water partition coefficient (Wildman–Crippen LogP) is 1.18. The summed E-state index contributed by atoms with van der Waals surface area (Å²) in [5, 5.41) is 0. The summed E-state index contributed by atoms with van der Waals surface area (Å²) in [4.78, 5) is 0. The molecule has 0 spiro atoms. The summed E-state index contributed by atoms with van der Waals surface area (Å²) in [7, 11) is 0.432. The molecule has 0 aromatic rings. The SMILES string of the molecule is C.CO[Si]1(OC)OCCCCO1. The lowest BCUT2D eigenvalue weighted by Gasteiger charge is -2.21. The van der Waals surface area contributed by atoms with Crippen LogP contribution in [0.15, 0.2) is 0 Å². The highest BCUT2D eigenvalue weighted by molar-refractivity contribution is 6.53. The van der Waals surface area contributed by atoms with E-state index in [2.05, 4.69) is 0 Å². The van der Waals surface area contributed by atoms with Crippen LogP contribution in [0.2, 0.25) is 0 Å². The molecule has 5 heteroatoms. The maximum Gasteiger partial charge on any atom is 0.679 e. The molecule has 1 aliphatic heterocycles. The van der Waals surface area contributed by atoms with E-state index in [1.165, 1.54) is 0 Å². The van der Waals surface area contributed by atoms with Crippen LogP contribution in [0.3, 0.4) is 0 Å². The standard InChI is InChI=1S/C6H14O4Si.CH4/c1-7-11(8-2)9-5-3-4-6-10-11;/h3-6H2,1-2H3;1H4. The van der Waals surface area contributed by atoms with Crippen LogP contribution in [0.1, 0.15) is 20.3 Å². The van der Waals surface area contributed by atoms with Gasteiger partial charge in [0.15, 0.2) is 0 Å². The van der Waals surface area contributed by atoms with Crippen molar-refractivity contribution in [1.82, 2.24) is 0 Å². The van der Waals surface area contributed by atoms with E-state index in [1.54, 1.807) is 14.2 Å². The third kappa shape index (κ3) is 2.84. The summed E-state index contributed by atoms with van der Waals surface area (Å²) in [5.41, 5.74) is 0. The molecule has 0 radical (unpaired) electrons. The van der Waals surface area contributed by atoms with Crippen molar-refractivity contribution < 1.29 is 17.7 Å². The van der Waals surface area contributed by atoms with E-state index in [0.717, 1.165) is 12.8 Å². The van der Waals surface area contributed by atoms with Gasteiger partial charge in [-0.3, -0.25) is 0 Å². The zero-order valence-electron chi connectivity index (χ0n) is 6.96. The Hall–Kier alpha value is 0.0569. The van der Waals surface area contributed by atoms with Crippen molar-refractivity contribution in [2.75, 3.05) is 27.4 Å². The first-order valence-corrected chi connectivity index (χ1v) is 5.34. The van der Waals surface area contributed by atoms with E-state index in [1.807, 2.05) is 0 Å². The molecule has 4 nitrogen and oxygen atoms in total. The molecule has 0 N–H and O–H groups in total. The van der Waals surface area contributed by atoms with E-state index < -0.39 is 9.05 Å². The third-order valence-electron chi connectivity index (χ3n) is 1.60. The fraction of sp³-hybridized carbons (Fsp3) is 1.00. The van der Waals surface area contributed by atoms with Gasteiger partial charge in [-0.25, -0.2) is 0 Å². The van der Waals surface area contributed by atoms with Gasteiger partial charge in [0.2, 0.25) is 0 Å². The van der Waals surface area contributed by atoms with Crippen LogP contribution in [0.5, 0.6) is 0 Å². The summed E-state index contributed by atoms with van der Waals surface area (Å²) < 4.78 is 20.9. The second kappa shape index (κ2) is 5.66. The minimum Gasteiger partial charge on any atom is -0.355 e.